The normalized spacial score (nSPS) is 12.2. The van der Waals surface area contributed by atoms with Gasteiger partial charge in [0.2, 0.25) is 5.91 Å². The number of hydrogen-bond acceptors (Lipinski definition) is 3. The average molecular weight is 582 g/mol. The van der Waals surface area contributed by atoms with Crippen LogP contribution in [0.1, 0.15) is 28.8 Å². The van der Waals surface area contributed by atoms with Crippen molar-refractivity contribution in [3.8, 4) is 0 Å². The van der Waals surface area contributed by atoms with Gasteiger partial charge in [0.25, 0.3) is 5.91 Å². The third-order valence-electron chi connectivity index (χ3n) is 4.90. The Morgan fingerprint density at radius 2 is 1.57 bits per heavy atom. The molecule has 0 heterocycles. The summed E-state index contributed by atoms with van der Waals surface area (Å²) in [4.78, 5) is 25.9. The lowest BCUT2D eigenvalue weighted by Crippen LogP contribution is -2.32. The van der Waals surface area contributed by atoms with Gasteiger partial charge in [-0.1, -0.05) is 40.9 Å². The van der Waals surface area contributed by atoms with Crippen LogP contribution in [-0.2, 0) is 4.79 Å². The molecule has 0 aliphatic carbocycles. The van der Waals surface area contributed by atoms with Gasteiger partial charge in [-0.05, 0) is 55.0 Å². The van der Waals surface area contributed by atoms with Crippen molar-refractivity contribution in [1.82, 2.24) is 0 Å². The first kappa shape index (κ1) is 27.3. The van der Waals surface area contributed by atoms with E-state index in [0.717, 1.165) is 12.1 Å². The van der Waals surface area contributed by atoms with Crippen molar-refractivity contribution in [3.05, 3.63) is 86.4 Å². The predicted octanol–water partition coefficient (Wildman–Crippen LogP) is 7.68. The van der Waals surface area contributed by atoms with E-state index < -0.39 is 39.4 Å². The van der Waals surface area contributed by atoms with E-state index in [1.54, 1.807) is 6.07 Å². The minimum atomic E-state index is -1.55. The number of anilines is 3. The first-order valence-corrected chi connectivity index (χ1v) is 11.7. The maximum atomic E-state index is 14.2. The molecule has 0 radical (unpaired) electrons. The third-order valence-corrected chi connectivity index (χ3v) is 6.40. The smallest absolute Gasteiger partial charge is 0.257 e. The maximum Gasteiger partial charge on any atom is 0.257 e. The summed E-state index contributed by atoms with van der Waals surface area (Å²) in [6.07, 6.45) is 0. The number of amides is 2. The van der Waals surface area contributed by atoms with Crippen LogP contribution in [-0.4, -0.2) is 16.1 Å². The molecule has 0 bridgehead atoms. The number of rotatable bonds is 6. The van der Waals surface area contributed by atoms with Crippen LogP contribution in [0, 0.1) is 11.6 Å². The van der Waals surface area contributed by atoms with Crippen molar-refractivity contribution in [2.24, 2.45) is 0 Å². The zero-order valence-electron chi connectivity index (χ0n) is 17.7. The van der Waals surface area contributed by atoms with Crippen molar-refractivity contribution in [2.75, 3.05) is 16.4 Å². The molecule has 3 rings (SSSR count). The van der Waals surface area contributed by atoms with E-state index in [1.807, 2.05) is 0 Å². The fraction of sp³-hybridized carbons (Fsp3) is 0.130. The van der Waals surface area contributed by atoms with Crippen molar-refractivity contribution in [2.45, 2.75) is 17.2 Å². The van der Waals surface area contributed by atoms with Crippen molar-refractivity contribution in [3.63, 3.8) is 0 Å². The van der Waals surface area contributed by atoms with E-state index in [2.05, 4.69) is 10.6 Å². The molecule has 3 aromatic carbocycles. The Bertz CT molecular complexity index is 1320. The SMILES string of the molecule is CC(Cl)(Cl)[C@H](C(=O)Nc1ccc(Cl)c(C(=O)Nc2ccc(F)c(N)c2F)c1)c1ccc(Cl)c(Cl)c1. The number of halogens is 7. The Kier molecular flexibility index (Phi) is 8.40. The number of benzene rings is 3. The first-order chi connectivity index (χ1) is 16.3. The van der Waals surface area contributed by atoms with E-state index in [0.29, 0.717) is 5.56 Å². The molecule has 12 heteroatoms. The quantitative estimate of drug-likeness (QED) is 0.206. The summed E-state index contributed by atoms with van der Waals surface area (Å²) in [6.45, 7) is 1.44. The van der Waals surface area contributed by atoms with E-state index in [1.165, 1.54) is 37.3 Å². The zero-order chi connectivity index (χ0) is 26.1. The van der Waals surface area contributed by atoms with Gasteiger partial charge in [-0.3, -0.25) is 9.59 Å². The van der Waals surface area contributed by atoms with Crippen LogP contribution in [0.4, 0.5) is 25.8 Å². The Morgan fingerprint density at radius 3 is 2.20 bits per heavy atom. The van der Waals surface area contributed by atoms with Crippen molar-refractivity contribution >= 4 is 86.9 Å². The van der Waals surface area contributed by atoms with Crippen molar-refractivity contribution in [1.29, 1.82) is 0 Å². The molecule has 0 saturated carbocycles. The number of nitrogen functional groups attached to an aromatic ring is 1. The summed E-state index contributed by atoms with van der Waals surface area (Å²) < 4.78 is 26.0. The van der Waals surface area contributed by atoms with Gasteiger partial charge >= 0.3 is 0 Å². The number of carbonyl (C=O) groups excluding carboxylic acids is 2. The number of carbonyl (C=O) groups is 2. The number of nitrogens with two attached hydrogens (primary N) is 1. The van der Waals surface area contributed by atoms with Gasteiger partial charge in [0.05, 0.1) is 32.2 Å². The van der Waals surface area contributed by atoms with E-state index >= 15 is 0 Å². The second-order valence-corrected chi connectivity index (χ2v) is 10.5. The fourth-order valence-corrected chi connectivity index (χ4v) is 4.17. The van der Waals surface area contributed by atoms with Crippen molar-refractivity contribution < 1.29 is 18.4 Å². The van der Waals surface area contributed by atoms with Gasteiger partial charge in [0, 0.05) is 5.69 Å². The van der Waals surface area contributed by atoms with Gasteiger partial charge < -0.3 is 16.4 Å². The van der Waals surface area contributed by atoms with Crippen LogP contribution in [0.25, 0.3) is 0 Å². The molecule has 5 nitrogen and oxygen atoms in total. The Balaban J connectivity index is 1.88. The molecule has 0 aliphatic rings. The molecule has 0 saturated heterocycles. The van der Waals surface area contributed by atoms with Crippen LogP contribution < -0.4 is 16.4 Å². The minimum Gasteiger partial charge on any atom is -0.394 e. The lowest BCUT2D eigenvalue weighted by Gasteiger charge is -2.26. The minimum absolute atomic E-state index is 0.0107. The maximum absolute atomic E-state index is 14.2. The van der Waals surface area contributed by atoms with Crippen LogP contribution in [0.2, 0.25) is 15.1 Å². The Labute approximate surface area is 224 Å². The summed E-state index contributed by atoms with van der Waals surface area (Å²) in [7, 11) is 0. The molecule has 0 fully saturated rings. The molecule has 35 heavy (non-hydrogen) atoms. The van der Waals surface area contributed by atoms with E-state index in [4.69, 9.17) is 63.7 Å². The standard InChI is InChI=1S/C23H16Cl5F2N3O2/c1-23(27,28)18(10-2-4-14(25)15(26)8-10)22(35)32-11-3-5-13(24)12(9-11)21(34)33-17-7-6-16(29)20(31)19(17)30/h2-9,18H,31H2,1H3,(H,32,35)(H,33,34)/t18-/m0/s1. The summed E-state index contributed by atoms with van der Waals surface area (Å²) in [5, 5.41) is 5.41. The second-order valence-electron chi connectivity index (χ2n) is 7.52. The first-order valence-electron chi connectivity index (χ1n) is 9.77. The topological polar surface area (TPSA) is 84.2 Å². The van der Waals surface area contributed by atoms with Gasteiger partial charge in [-0.15, -0.1) is 23.2 Å². The molecule has 2 amide bonds. The lowest BCUT2D eigenvalue weighted by atomic mass is 9.94. The molecule has 184 valence electrons. The molecule has 0 spiro atoms. The molecule has 4 N–H and O–H groups in total. The van der Waals surface area contributed by atoms with Gasteiger partial charge in [-0.25, -0.2) is 8.78 Å². The number of alkyl halides is 2. The highest BCUT2D eigenvalue weighted by Gasteiger charge is 2.37. The predicted molar refractivity (Wildman–Crippen MR) is 138 cm³/mol. The van der Waals surface area contributed by atoms with Crippen LogP contribution in [0.15, 0.2) is 48.5 Å². The van der Waals surface area contributed by atoms with Crippen LogP contribution >= 0.6 is 58.0 Å². The van der Waals surface area contributed by atoms with E-state index in [9.17, 15) is 18.4 Å². The summed E-state index contributed by atoms with van der Waals surface area (Å²) in [6, 6.07) is 10.5. The highest BCUT2D eigenvalue weighted by atomic mass is 35.5. The Morgan fingerprint density at radius 1 is 0.914 bits per heavy atom. The van der Waals surface area contributed by atoms with Crippen LogP contribution in [0.5, 0.6) is 0 Å². The summed E-state index contributed by atoms with van der Waals surface area (Å²) >= 11 is 30.8. The fourth-order valence-electron chi connectivity index (χ4n) is 3.21. The number of hydrogen-bond donors (Lipinski definition) is 3. The molecular formula is C23H16Cl5F2N3O2. The second kappa shape index (κ2) is 10.8. The summed E-state index contributed by atoms with van der Waals surface area (Å²) in [5.74, 6) is -4.61. The van der Waals surface area contributed by atoms with Gasteiger partial charge in [-0.2, -0.15) is 0 Å². The molecule has 0 aromatic heterocycles. The largest absolute Gasteiger partial charge is 0.394 e. The molecule has 3 aromatic rings. The molecular weight excluding hydrogens is 566 g/mol. The summed E-state index contributed by atoms with van der Waals surface area (Å²) in [5.41, 5.74) is 4.71. The average Bonchev–Trinajstić information content (AvgIpc) is 2.77. The highest BCUT2D eigenvalue weighted by molar-refractivity contribution is 6.50. The molecule has 0 aliphatic heterocycles. The van der Waals surface area contributed by atoms with E-state index in [-0.39, 0.29) is 32.0 Å². The molecule has 1 atom stereocenters. The lowest BCUT2D eigenvalue weighted by molar-refractivity contribution is -0.117. The zero-order valence-corrected chi connectivity index (χ0v) is 21.5. The van der Waals surface area contributed by atoms with Gasteiger partial charge in [0.1, 0.15) is 15.8 Å². The molecule has 0 unspecified atom stereocenters. The number of nitrogens with one attached hydrogen (secondary N) is 2. The third kappa shape index (κ3) is 6.29. The van der Waals surface area contributed by atoms with Gasteiger partial charge in [0.15, 0.2) is 5.82 Å². The highest BCUT2D eigenvalue weighted by Crippen LogP contribution is 2.40. The van der Waals surface area contributed by atoms with Crippen LogP contribution in [0.3, 0.4) is 0 Å². The Hall–Kier alpha value is -2.29. The monoisotopic (exact) mass is 579 g/mol.